The summed E-state index contributed by atoms with van der Waals surface area (Å²) in [5, 5.41) is 3.90. The summed E-state index contributed by atoms with van der Waals surface area (Å²) in [6, 6.07) is 0. The molecule has 0 aliphatic rings. The number of aryl methyl sites for hydroxylation is 1. The van der Waals surface area contributed by atoms with Crippen LogP contribution in [0.2, 0.25) is 0 Å². The van der Waals surface area contributed by atoms with Crippen LogP contribution in [0.1, 0.15) is 26.2 Å². The monoisotopic (exact) mass is 167 g/mol. The third kappa shape index (κ3) is 2.82. The van der Waals surface area contributed by atoms with Gasteiger partial charge in [-0.25, -0.2) is 4.98 Å². The highest BCUT2D eigenvalue weighted by molar-refractivity contribution is 5.78. The molecule has 0 saturated carbocycles. The molecule has 1 aromatic heterocycles. The molecule has 1 rings (SSSR count). The number of nitrogens with zero attached hydrogens (tertiary/aromatic N) is 3. The molecule has 0 spiro atoms. The number of carbonyl (C=O) groups excluding carboxylic acids is 1. The Balaban J connectivity index is 2.22. The van der Waals surface area contributed by atoms with Crippen molar-refractivity contribution in [2.75, 3.05) is 0 Å². The van der Waals surface area contributed by atoms with Crippen molar-refractivity contribution in [3.63, 3.8) is 0 Å². The van der Waals surface area contributed by atoms with Crippen molar-refractivity contribution in [1.29, 1.82) is 0 Å². The molecule has 0 aliphatic carbocycles. The Morgan fingerprint density at radius 1 is 1.50 bits per heavy atom. The molecule has 66 valence electrons. The first-order valence-electron chi connectivity index (χ1n) is 4.17. The first-order chi connectivity index (χ1) is 5.83. The van der Waals surface area contributed by atoms with Gasteiger partial charge in [-0.2, -0.15) is 5.10 Å². The molecule has 4 nitrogen and oxygen atoms in total. The Kier molecular flexibility index (Phi) is 3.44. The second-order valence-corrected chi connectivity index (χ2v) is 2.70. The van der Waals surface area contributed by atoms with Crippen LogP contribution >= 0.6 is 0 Å². The zero-order chi connectivity index (χ0) is 8.81. The number of hydrogen-bond donors (Lipinski definition) is 0. The number of carbonyl (C=O) groups is 1. The average Bonchev–Trinajstić information content (AvgIpc) is 2.53. The van der Waals surface area contributed by atoms with Gasteiger partial charge in [0.15, 0.2) is 0 Å². The van der Waals surface area contributed by atoms with Gasteiger partial charge in [0.05, 0.1) is 0 Å². The summed E-state index contributed by atoms with van der Waals surface area (Å²) in [5.74, 6) is 0.299. The van der Waals surface area contributed by atoms with Crippen LogP contribution in [0.15, 0.2) is 12.7 Å². The maximum absolute atomic E-state index is 11.1. The number of Topliss-reactive ketones (excluding diaryl/α,β-unsaturated/α-hetero) is 1. The van der Waals surface area contributed by atoms with E-state index in [4.69, 9.17) is 0 Å². The summed E-state index contributed by atoms with van der Waals surface area (Å²) in [6.07, 6.45) is 5.27. The van der Waals surface area contributed by atoms with Gasteiger partial charge < -0.3 is 0 Å². The fourth-order valence-corrected chi connectivity index (χ4v) is 0.991. The molecule has 4 heteroatoms. The van der Waals surface area contributed by atoms with E-state index in [0.717, 1.165) is 6.42 Å². The molecule has 0 aromatic carbocycles. The van der Waals surface area contributed by atoms with Gasteiger partial charge in [-0.15, -0.1) is 0 Å². The summed E-state index contributed by atoms with van der Waals surface area (Å²) in [5.41, 5.74) is 0. The maximum atomic E-state index is 11.1. The zero-order valence-electron chi connectivity index (χ0n) is 7.23. The Hall–Kier alpha value is -1.19. The fraction of sp³-hybridized carbons (Fsp3) is 0.625. The first-order valence-corrected chi connectivity index (χ1v) is 4.17. The van der Waals surface area contributed by atoms with Crippen LogP contribution < -0.4 is 0 Å². The molecule has 0 amide bonds. The summed E-state index contributed by atoms with van der Waals surface area (Å²) in [7, 11) is 0. The molecular weight excluding hydrogens is 154 g/mol. The van der Waals surface area contributed by atoms with Crippen LogP contribution in [0, 0.1) is 0 Å². The Bertz CT molecular complexity index is 230. The van der Waals surface area contributed by atoms with Gasteiger partial charge in [-0.05, 0) is 6.42 Å². The largest absolute Gasteiger partial charge is 0.300 e. The summed E-state index contributed by atoms with van der Waals surface area (Å²) >= 11 is 0. The lowest BCUT2D eigenvalue weighted by Crippen LogP contribution is -2.05. The topological polar surface area (TPSA) is 47.8 Å². The Morgan fingerprint density at radius 3 is 2.92 bits per heavy atom. The minimum Gasteiger partial charge on any atom is -0.300 e. The molecule has 0 atom stereocenters. The molecular formula is C8H13N3O. The SMILES string of the molecule is CCCC(=O)CCn1cncn1. The number of aromatic nitrogens is 3. The highest BCUT2D eigenvalue weighted by Gasteiger charge is 2.00. The van der Waals surface area contributed by atoms with Gasteiger partial charge in [-0.1, -0.05) is 6.92 Å². The molecule has 0 fully saturated rings. The molecule has 1 heterocycles. The van der Waals surface area contributed by atoms with Crippen LogP contribution in [0.3, 0.4) is 0 Å². The lowest BCUT2D eigenvalue weighted by Gasteiger charge is -1.98. The molecule has 12 heavy (non-hydrogen) atoms. The standard InChI is InChI=1S/C8H13N3O/c1-2-3-8(12)4-5-11-7-9-6-10-11/h6-7H,2-5H2,1H3. The van der Waals surface area contributed by atoms with Gasteiger partial charge in [0.1, 0.15) is 18.4 Å². The summed E-state index contributed by atoms with van der Waals surface area (Å²) < 4.78 is 1.67. The van der Waals surface area contributed by atoms with E-state index in [1.54, 1.807) is 11.0 Å². The molecule has 0 N–H and O–H groups in total. The minimum atomic E-state index is 0.299. The predicted octanol–water partition coefficient (Wildman–Crippen LogP) is 1.04. The molecule has 1 aromatic rings. The third-order valence-electron chi connectivity index (χ3n) is 1.62. The second kappa shape index (κ2) is 4.64. The Labute approximate surface area is 71.6 Å². The maximum Gasteiger partial charge on any atom is 0.137 e. The van der Waals surface area contributed by atoms with Gasteiger partial charge in [0.2, 0.25) is 0 Å². The average molecular weight is 167 g/mol. The number of rotatable bonds is 5. The van der Waals surface area contributed by atoms with Crippen LogP contribution in [0.5, 0.6) is 0 Å². The quantitative estimate of drug-likeness (QED) is 0.658. The van der Waals surface area contributed by atoms with Crippen molar-refractivity contribution in [3.05, 3.63) is 12.7 Å². The van der Waals surface area contributed by atoms with E-state index in [-0.39, 0.29) is 0 Å². The van der Waals surface area contributed by atoms with Gasteiger partial charge in [-0.3, -0.25) is 9.48 Å². The smallest absolute Gasteiger partial charge is 0.137 e. The van der Waals surface area contributed by atoms with Crippen molar-refractivity contribution in [2.24, 2.45) is 0 Å². The summed E-state index contributed by atoms with van der Waals surface area (Å²) in [4.78, 5) is 14.9. The van der Waals surface area contributed by atoms with Crippen molar-refractivity contribution in [2.45, 2.75) is 32.7 Å². The van der Waals surface area contributed by atoms with Crippen molar-refractivity contribution >= 4 is 5.78 Å². The molecule has 0 unspecified atom stereocenters. The highest BCUT2D eigenvalue weighted by Crippen LogP contribution is 1.95. The lowest BCUT2D eigenvalue weighted by atomic mass is 10.2. The normalized spacial score (nSPS) is 10.1. The fourth-order valence-electron chi connectivity index (χ4n) is 0.991. The van der Waals surface area contributed by atoms with Crippen LogP contribution in [0.25, 0.3) is 0 Å². The van der Waals surface area contributed by atoms with Gasteiger partial charge >= 0.3 is 0 Å². The number of hydrogen-bond acceptors (Lipinski definition) is 3. The Morgan fingerprint density at radius 2 is 2.33 bits per heavy atom. The van der Waals surface area contributed by atoms with E-state index in [0.29, 0.717) is 25.2 Å². The molecule has 0 bridgehead atoms. The van der Waals surface area contributed by atoms with Crippen molar-refractivity contribution < 1.29 is 4.79 Å². The zero-order valence-corrected chi connectivity index (χ0v) is 7.23. The summed E-state index contributed by atoms with van der Waals surface area (Å²) in [6.45, 7) is 2.66. The van der Waals surface area contributed by atoms with E-state index < -0.39 is 0 Å². The van der Waals surface area contributed by atoms with Crippen molar-refractivity contribution in [3.8, 4) is 0 Å². The highest BCUT2D eigenvalue weighted by atomic mass is 16.1. The van der Waals surface area contributed by atoms with Gasteiger partial charge in [0.25, 0.3) is 0 Å². The van der Waals surface area contributed by atoms with E-state index in [1.807, 2.05) is 6.92 Å². The van der Waals surface area contributed by atoms with E-state index >= 15 is 0 Å². The van der Waals surface area contributed by atoms with Gasteiger partial charge in [0, 0.05) is 19.4 Å². The van der Waals surface area contributed by atoms with Crippen LogP contribution in [-0.2, 0) is 11.3 Å². The molecule has 0 radical (unpaired) electrons. The first kappa shape index (κ1) is 8.90. The predicted molar refractivity (Wildman–Crippen MR) is 44.6 cm³/mol. The van der Waals surface area contributed by atoms with E-state index in [1.165, 1.54) is 6.33 Å². The minimum absolute atomic E-state index is 0.299. The third-order valence-corrected chi connectivity index (χ3v) is 1.62. The molecule has 0 saturated heterocycles. The number of ketones is 1. The second-order valence-electron chi connectivity index (χ2n) is 2.70. The molecule has 0 aliphatic heterocycles. The van der Waals surface area contributed by atoms with E-state index in [2.05, 4.69) is 10.1 Å². The van der Waals surface area contributed by atoms with Crippen LogP contribution in [-0.4, -0.2) is 20.5 Å². The van der Waals surface area contributed by atoms with Crippen LogP contribution in [0.4, 0.5) is 0 Å². The van der Waals surface area contributed by atoms with Crippen molar-refractivity contribution in [1.82, 2.24) is 14.8 Å². The van der Waals surface area contributed by atoms with E-state index in [9.17, 15) is 4.79 Å². The lowest BCUT2D eigenvalue weighted by molar-refractivity contribution is -0.119.